The van der Waals surface area contributed by atoms with E-state index in [1.807, 2.05) is 20.8 Å². The molecule has 0 spiro atoms. The van der Waals surface area contributed by atoms with Crippen LogP contribution in [-0.4, -0.2) is 28.3 Å². The highest BCUT2D eigenvalue weighted by atomic mass is 16.7. The SMILES string of the molecule is C=C(C)OCOc1ccc(NC(O)C(C)(C)CC)cc1C(O)O. The monoisotopic (exact) mass is 325 g/mol. The number of aliphatic hydroxyl groups excluding tert-OH is 2. The highest BCUT2D eigenvalue weighted by Gasteiger charge is 2.26. The van der Waals surface area contributed by atoms with E-state index in [9.17, 15) is 15.3 Å². The summed E-state index contributed by atoms with van der Waals surface area (Å²) in [6, 6.07) is 4.80. The lowest BCUT2D eigenvalue weighted by molar-refractivity contribution is -0.0459. The minimum absolute atomic E-state index is 0.0761. The molecule has 0 heterocycles. The van der Waals surface area contributed by atoms with Gasteiger partial charge >= 0.3 is 0 Å². The fourth-order valence-electron chi connectivity index (χ4n) is 1.71. The summed E-state index contributed by atoms with van der Waals surface area (Å²) < 4.78 is 10.5. The molecule has 1 aromatic rings. The van der Waals surface area contributed by atoms with Crippen molar-refractivity contribution in [2.24, 2.45) is 5.41 Å². The molecule has 0 saturated carbocycles. The van der Waals surface area contributed by atoms with Gasteiger partial charge in [0.2, 0.25) is 6.79 Å². The summed E-state index contributed by atoms with van der Waals surface area (Å²) >= 11 is 0. The van der Waals surface area contributed by atoms with Gasteiger partial charge in [-0.25, -0.2) is 0 Å². The zero-order valence-corrected chi connectivity index (χ0v) is 14.2. The van der Waals surface area contributed by atoms with Crippen molar-refractivity contribution in [1.82, 2.24) is 0 Å². The Bertz CT molecular complexity index is 528. The van der Waals surface area contributed by atoms with Gasteiger partial charge in [-0.1, -0.05) is 27.4 Å². The molecular weight excluding hydrogens is 298 g/mol. The van der Waals surface area contributed by atoms with Crippen molar-refractivity contribution in [2.45, 2.75) is 46.6 Å². The molecule has 0 aliphatic carbocycles. The molecule has 0 aromatic heterocycles. The van der Waals surface area contributed by atoms with Gasteiger partial charge in [0.1, 0.15) is 12.0 Å². The van der Waals surface area contributed by atoms with E-state index in [0.29, 0.717) is 11.4 Å². The third kappa shape index (κ3) is 5.74. The molecule has 0 radical (unpaired) electrons. The number of hydrogen-bond donors (Lipinski definition) is 4. The summed E-state index contributed by atoms with van der Waals surface area (Å²) in [5.74, 6) is 0.787. The molecule has 0 bridgehead atoms. The zero-order chi connectivity index (χ0) is 17.6. The van der Waals surface area contributed by atoms with Gasteiger partial charge in [0.25, 0.3) is 0 Å². The van der Waals surface area contributed by atoms with Crippen molar-refractivity contribution in [3.05, 3.63) is 36.1 Å². The van der Waals surface area contributed by atoms with E-state index in [2.05, 4.69) is 11.9 Å². The number of aliphatic hydroxyl groups is 3. The molecule has 4 N–H and O–H groups in total. The van der Waals surface area contributed by atoms with Gasteiger partial charge in [-0.05, 0) is 31.5 Å². The standard InChI is InChI=1S/C17H27NO5/c1-6-17(4,5)16(21)18-12-7-8-14(13(9-12)15(19)20)23-10-22-11(2)3/h7-9,15-16,18-21H,2,6,10H2,1,3-5H3. The third-order valence-corrected chi connectivity index (χ3v) is 3.76. The van der Waals surface area contributed by atoms with Crippen LogP contribution in [-0.2, 0) is 4.74 Å². The highest BCUT2D eigenvalue weighted by molar-refractivity contribution is 5.52. The topological polar surface area (TPSA) is 91.2 Å². The maximum atomic E-state index is 10.2. The van der Waals surface area contributed by atoms with E-state index in [1.165, 1.54) is 6.07 Å². The first-order valence-corrected chi connectivity index (χ1v) is 7.53. The molecule has 130 valence electrons. The molecule has 1 atom stereocenters. The van der Waals surface area contributed by atoms with Gasteiger partial charge in [-0.3, -0.25) is 0 Å². The van der Waals surface area contributed by atoms with Crippen LogP contribution in [0.3, 0.4) is 0 Å². The maximum absolute atomic E-state index is 10.2. The van der Waals surface area contributed by atoms with Crippen LogP contribution in [0.4, 0.5) is 5.69 Å². The van der Waals surface area contributed by atoms with E-state index < -0.39 is 12.5 Å². The van der Waals surface area contributed by atoms with Gasteiger partial charge in [0.15, 0.2) is 6.29 Å². The second kappa shape index (κ2) is 8.19. The maximum Gasteiger partial charge on any atom is 0.230 e. The summed E-state index contributed by atoms with van der Waals surface area (Å²) in [6.45, 7) is 11.1. The smallest absolute Gasteiger partial charge is 0.230 e. The lowest BCUT2D eigenvalue weighted by Crippen LogP contribution is -2.35. The Labute approximate surface area is 137 Å². The Balaban J connectivity index is 2.88. The molecule has 0 saturated heterocycles. The summed E-state index contributed by atoms with van der Waals surface area (Å²) in [5.41, 5.74) is 0.430. The molecule has 1 rings (SSSR count). The van der Waals surface area contributed by atoms with Crippen molar-refractivity contribution in [3.63, 3.8) is 0 Å². The summed E-state index contributed by atoms with van der Waals surface area (Å²) in [5, 5.41) is 32.2. The first-order valence-electron chi connectivity index (χ1n) is 7.53. The Morgan fingerprint density at radius 2 is 1.96 bits per heavy atom. The molecule has 23 heavy (non-hydrogen) atoms. The van der Waals surface area contributed by atoms with Crippen LogP contribution < -0.4 is 10.1 Å². The van der Waals surface area contributed by atoms with Gasteiger partial charge in [-0.2, -0.15) is 0 Å². The number of nitrogens with one attached hydrogen (secondary N) is 1. The Morgan fingerprint density at radius 1 is 1.30 bits per heavy atom. The Morgan fingerprint density at radius 3 is 2.48 bits per heavy atom. The van der Waals surface area contributed by atoms with E-state index in [0.717, 1.165) is 6.42 Å². The second-order valence-electron chi connectivity index (χ2n) is 6.12. The average molecular weight is 325 g/mol. The molecule has 1 unspecified atom stereocenters. The number of rotatable bonds is 9. The molecule has 0 amide bonds. The van der Waals surface area contributed by atoms with Crippen LogP contribution in [0.2, 0.25) is 0 Å². The van der Waals surface area contributed by atoms with Gasteiger partial charge in [-0.15, -0.1) is 0 Å². The number of ether oxygens (including phenoxy) is 2. The predicted octanol–water partition coefficient (Wildman–Crippen LogP) is 2.72. The minimum atomic E-state index is -1.70. The average Bonchev–Trinajstić information content (AvgIpc) is 2.47. The molecule has 6 nitrogen and oxygen atoms in total. The van der Waals surface area contributed by atoms with Crippen molar-refractivity contribution in [2.75, 3.05) is 12.1 Å². The van der Waals surface area contributed by atoms with E-state index in [-0.39, 0.29) is 23.5 Å². The molecule has 0 fully saturated rings. The summed E-state index contributed by atoms with van der Waals surface area (Å²) in [4.78, 5) is 0. The number of hydrogen-bond acceptors (Lipinski definition) is 6. The van der Waals surface area contributed by atoms with E-state index in [1.54, 1.807) is 19.1 Å². The number of benzene rings is 1. The predicted molar refractivity (Wildman–Crippen MR) is 88.7 cm³/mol. The Kier molecular flexibility index (Phi) is 6.87. The van der Waals surface area contributed by atoms with Crippen molar-refractivity contribution >= 4 is 5.69 Å². The van der Waals surface area contributed by atoms with E-state index in [4.69, 9.17) is 9.47 Å². The van der Waals surface area contributed by atoms with Crippen LogP contribution in [0.15, 0.2) is 30.5 Å². The molecule has 1 aromatic carbocycles. The van der Waals surface area contributed by atoms with Crippen molar-refractivity contribution in [3.8, 4) is 5.75 Å². The molecule has 0 aliphatic heterocycles. The normalized spacial score (nSPS) is 12.9. The van der Waals surface area contributed by atoms with Crippen LogP contribution in [0.5, 0.6) is 5.75 Å². The Hall–Kier alpha value is -1.76. The van der Waals surface area contributed by atoms with Crippen LogP contribution >= 0.6 is 0 Å². The third-order valence-electron chi connectivity index (χ3n) is 3.76. The first-order chi connectivity index (χ1) is 10.7. The van der Waals surface area contributed by atoms with Gasteiger partial charge in [0, 0.05) is 11.1 Å². The fraction of sp³-hybridized carbons (Fsp3) is 0.529. The fourth-order valence-corrected chi connectivity index (χ4v) is 1.71. The lowest BCUT2D eigenvalue weighted by Gasteiger charge is -2.30. The van der Waals surface area contributed by atoms with Crippen molar-refractivity contribution < 1.29 is 24.8 Å². The van der Waals surface area contributed by atoms with Crippen molar-refractivity contribution in [1.29, 1.82) is 0 Å². The number of allylic oxidation sites excluding steroid dienone is 1. The van der Waals surface area contributed by atoms with Crippen LogP contribution in [0, 0.1) is 5.41 Å². The first kappa shape index (κ1) is 19.3. The van der Waals surface area contributed by atoms with Crippen LogP contribution in [0.25, 0.3) is 0 Å². The van der Waals surface area contributed by atoms with Gasteiger partial charge < -0.3 is 30.1 Å². The molecule has 0 aliphatic rings. The summed E-state index contributed by atoms with van der Waals surface area (Å²) in [7, 11) is 0. The zero-order valence-electron chi connectivity index (χ0n) is 14.2. The van der Waals surface area contributed by atoms with Crippen LogP contribution in [0.1, 0.15) is 46.0 Å². The largest absolute Gasteiger partial charge is 0.463 e. The van der Waals surface area contributed by atoms with E-state index >= 15 is 0 Å². The molecular formula is C17H27NO5. The molecule has 6 heteroatoms. The highest BCUT2D eigenvalue weighted by Crippen LogP contribution is 2.30. The lowest BCUT2D eigenvalue weighted by atomic mass is 9.88. The second-order valence-corrected chi connectivity index (χ2v) is 6.12. The summed E-state index contributed by atoms with van der Waals surface area (Å²) in [6.07, 6.45) is -1.68. The van der Waals surface area contributed by atoms with Gasteiger partial charge in [0.05, 0.1) is 11.3 Å². The minimum Gasteiger partial charge on any atom is -0.463 e. The number of anilines is 1. The quantitative estimate of drug-likeness (QED) is 0.412.